The second-order valence-electron chi connectivity index (χ2n) is 7.16. The van der Waals surface area contributed by atoms with E-state index in [9.17, 15) is 8.42 Å². The number of sulfonamides is 1. The Hall–Kier alpha value is -1.09. The summed E-state index contributed by atoms with van der Waals surface area (Å²) < 4.78 is 41.3. The molecule has 1 heterocycles. The molecule has 8 heteroatoms. The van der Waals surface area contributed by atoms with Gasteiger partial charge in [-0.25, -0.2) is 13.6 Å². The summed E-state index contributed by atoms with van der Waals surface area (Å²) in [7, 11) is -4.54. The van der Waals surface area contributed by atoms with Gasteiger partial charge in [-0.2, -0.15) is 0 Å². The van der Waals surface area contributed by atoms with Crippen LogP contribution in [-0.4, -0.2) is 32.8 Å². The monoisotopic (exact) mass is 339 g/mol. The molecule has 3 rings (SSSR count). The summed E-state index contributed by atoms with van der Waals surface area (Å²) in [6, 6.07) is 4.86. The minimum atomic E-state index is -3.90. The van der Waals surface area contributed by atoms with Gasteiger partial charge in [0.05, 0.1) is 17.3 Å². The maximum atomic E-state index is 11.9. The number of hydrogen-bond donors (Lipinski definition) is 1. The van der Waals surface area contributed by atoms with Crippen molar-refractivity contribution in [1.29, 1.82) is 0 Å². The van der Waals surface area contributed by atoms with E-state index < -0.39 is 28.3 Å². The van der Waals surface area contributed by atoms with E-state index >= 15 is 0 Å². The Kier molecular flexibility index (Phi) is 3.79. The van der Waals surface area contributed by atoms with Gasteiger partial charge in [0.15, 0.2) is 0 Å². The molecule has 0 amide bonds. The van der Waals surface area contributed by atoms with Gasteiger partial charge in [0, 0.05) is 0 Å². The molecule has 2 fully saturated rings. The highest BCUT2D eigenvalue weighted by Crippen LogP contribution is 2.37. The third kappa shape index (κ3) is 3.26. The number of ether oxygens (including phenoxy) is 1. The highest BCUT2D eigenvalue weighted by Gasteiger charge is 2.51. The van der Waals surface area contributed by atoms with E-state index in [2.05, 4.69) is 0 Å². The largest absolute Gasteiger partial charge is 0.494 e. The van der Waals surface area contributed by atoms with Crippen molar-refractivity contribution in [3.63, 3.8) is 0 Å². The van der Waals surface area contributed by atoms with Crippen molar-refractivity contribution in [2.45, 2.75) is 62.7 Å². The van der Waals surface area contributed by atoms with Crippen molar-refractivity contribution in [3.8, 4) is 5.75 Å². The summed E-state index contributed by atoms with van der Waals surface area (Å²) in [6.07, 6.45) is 1.95. The van der Waals surface area contributed by atoms with E-state index in [1.54, 1.807) is 12.1 Å². The van der Waals surface area contributed by atoms with Crippen LogP contribution in [0.3, 0.4) is 0 Å². The Labute approximate surface area is 137 Å². The first kappa shape index (κ1) is 16.8. The molecular weight excluding hydrogens is 317 g/mol. The smallest absolute Gasteiger partial charge is 0.489 e. The molecule has 0 aromatic heterocycles. The zero-order valence-corrected chi connectivity index (χ0v) is 14.6. The van der Waals surface area contributed by atoms with Gasteiger partial charge < -0.3 is 14.0 Å². The fourth-order valence-corrected chi connectivity index (χ4v) is 3.03. The molecule has 6 nitrogen and oxygen atoms in total. The molecule has 0 bridgehead atoms. The van der Waals surface area contributed by atoms with Gasteiger partial charge in [0.1, 0.15) is 10.6 Å². The van der Waals surface area contributed by atoms with Gasteiger partial charge in [-0.3, -0.25) is 0 Å². The summed E-state index contributed by atoms with van der Waals surface area (Å²) in [5, 5.41) is 5.34. The van der Waals surface area contributed by atoms with Crippen molar-refractivity contribution in [1.82, 2.24) is 0 Å². The molecule has 2 aliphatic rings. The fraction of sp³-hybridized carbons (Fsp3) is 0.600. The maximum absolute atomic E-state index is 11.9. The first-order valence-electron chi connectivity index (χ1n) is 7.69. The Balaban J connectivity index is 1.95. The number of rotatable bonds is 4. The van der Waals surface area contributed by atoms with Crippen molar-refractivity contribution >= 4 is 22.6 Å². The summed E-state index contributed by atoms with van der Waals surface area (Å²) in [5.74, 6) is 0.287. The molecule has 1 aromatic rings. The Morgan fingerprint density at radius 1 is 1.17 bits per heavy atom. The van der Waals surface area contributed by atoms with E-state index in [1.165, 1.54) is 6.07 Å². The molecule has 1 saturated heterocycles. The van der Waals surface area contributed by atoms with Gasteiger partial charge >= 0.3 is 7.12 Å². The number of nitrogens with two attached hydrogens (primary N) is 1. The third-order valence-corrected chi connectivity index (χ3v) is 5.55. The summed E-state index contributed by atoms with van der Waals surface area (Å²) in [6.45, 7) is 7.77. The molecule has 0 radical (unpaired) electrons. The van der Waals surface area contributed by atoms with E-state index in [4.69, 9.17) is 19.2 Å². The average molecular weight is 339 g/mol. The molecule has 1 saturated carbocycles. The predicted octanol–water partition coefficient (Wildman–Crippen LogP) is 1.17. The Bertz CT molecular complexity index is 711. The van der Waals surface area contributed by atoms with Gasteiger partial charge in [-0.15, -0.1) is 0 Å². The molecule has 1 aliphatic heterocycles. The quantitative estimate of drug-likeness (QED) is 0.832. The SMILES string of the molecule is CC1(C)OB(c2ccc(OC3CC3)c(S(N)(=O)=O)c2)OC1(C)C. The molecule has 2 N–H and O–H groups in total. The van der Waals surface area contributed by atoms with E-state index in [-0.39, 0.29) is 16.7 Å². The van der Waals surface area contributed by atoms with Gasteiger partial charge in [0.25, 0.3) is 0 Å². The summed E-state index contributed by atoms with van der Waals surface area (Å²) in [5.41, 5.74) is -0.388. The Morgan fingerprint density at radius 3 is 2.22 bits per heavy atom. The maximum Gasteiger partial charge on any atom is 0.494 e. The van der Waals surface area contributed by atoms with Crippen LogP contribution in [0.1, 0.15) is 40.5 Å². The minimum absolute atomic E-state index is 0.0309. The first-order valence-corrected chi connectivity index (χ1v) is 9.23. The topological polar surface area (TPSA) is 87.9 Å². The molecule has 1 aliphatic carbocycles. The normalized spacial score (nSPS) is 23.1. The van der Waals surface area contributed by atoms with Gasteiger partial charge in [-0.05, 0) is 58.1 Å². The molecule has 1 aromatic carbocycles. The molecule has 0 spiro atoms. The standard InChI is InChI=1S/C15H22BNO5S/c1-14(2)15(3,4)22-16(21-14)10-5-8-12(20-11-6-7-11)13(9-10)23(17,18)19/h5,8-9,11H,6-7H2,1-4H3,(H2,17,18,19). The van der Waals surface area contributed by atoms with Gasteiger partial charge in [-0.1, -0.05) is 6.07 Å². The number of benzene rings is 1. The minimum Gasteiger partial charge on any atom is -0.489 e. The van der Waals surface area contributed by atoms with Crippen LogP contribution in [0.25, 0.3) is 0 Å². The highest BCUT2D eigenvalue weighted by atomic mass is 32.2. The Morgan fingerprint density at radius 2 is 1.74 bits per heavy atom. The lowest BCUT2D eigenvalue weighted by atomic mass is 9.79. The van der Waals surface area contributed by atoms with E-state index in [0.717, 1.165) is 12.8 Å². The molecule has 23 heavy (non-hydrogen) atoms. The van der Waals surface area contributed by atoms with Crippen LogP contribution in [0.15, 0.2) is 23.1 Å². The first-order chi connectivity index (χ1) is 10.5. The van der Waals surface area contributed by atoms with Crippen molar-refractivity contribution in [2.24, 2.45) is 5.14 Å². The van der Waals surface area contributed by atoms with Crippen LogP contribution in [0.2, 0.25) is 0 Å². The van der Waals surface area contributed by atoms with Gasteiger partial charge in [0.2, 0.25) is 10.0 Å². The third-order valence-electron chi connectivity index (χ3n) is 4.62. The predicted molar refractivity (Wildman–Crippen MR) is 87.2 cm³/mol. The van der Waals surface area contributed by atoms with Crippen molar-refractivity contribution in [3.05, 3.63) is 18.2 Å². The van der Waals surface area contributed by atoms with E-state index in [1.807, 2.05) is 27.7 Å². The van der Waals surface area contributed by atoms with Crippen molar-refractivity contribution in [2.75, 3.05) is 0 Å². The van der Waals surface area contributed by atoms with Crippen LogP contribution in [-0.2, 0) is 19.3 Å². The molecular formula is C15H22BNO5S. The second-order valence-corrected chi connectivity index (χ2v) is 8.69. The lowest BCUT2D eigenvalue weighted by Crippen LogP contribution is -2.41. The lowest BCUT2D eigenvalue weighted by Gasteiger charge is -2.32. The average Bonchev–Trinajstić information content (AvgIpc) is 3.16. The molecule has 0 atom stereocenters. The van der Waals surface area contributed by atoms with Crippen LogP contribution in [0.4, 0.5) is 0 Å². The second kappa shape index (κ2) is 5.21. The van der Waals surface area contributed by atoms with Crippen LogP contribution < -0.4 is 15.3 Å². The van der Waals surface area contributed by atoms with E-state index in [0.29, 0.717) is 5.46 Å². The highest BCUT2D eigenvalue weighted by molar-refractivity contribution is 7.89. The van der Waals surface area contributed by atoms with Crippen molar-refractivity contribution < 1.29 is 22.5 Å². The molecule has 0 unspecified atom stereocenters. The fourth-order valence-electron chi connectivity index (χ4n) is 2.34. The van der Waals surface area contributed by atoms with Crippen LogP contribution >= 0.6 is 0 Å². The zero-order valence-electron chi connectivity index (χ0n) is 13.8. The zero-order chi connectivity index (χ0) is 17.0. The summed E-state index contributed by atoms with van der Waals surface area (Å²) in [4.78, 5) is -0.0309. The van der Waals surface area contributed by atoms with Crippen LogP contribution in [0, 0.1) is 0 Å². The number of primary sulfonamides is 1. The lowest BCUT2D eigenvalue weighted by molar-refractivity contribution is 0.00578. The number of hydrogen-bond acceptors (Lipinski definition) is 5. The molecule has 126 valence electrons. The van der Waals surface area contributed by atoms with Crippen LogP contribution in [0.5, 0.6) is 5.75 Å². The summed E-state index contributed by atoms with van der Waals surface area (Å²) >= 11 is 0.